The van der Waals surface area contributed by atoms with E-state index in [1.54, 1.807) is 35.0 Å². The summed E-state index contributed by atoms with van der Waals surface area (Å²) in [4.78, 5) is 33.9. The molecule has 2 N–H and O–H groups in total. The molecule has 6 nitrogen and oxygen atoms in total. The summed E-state index contributed by atoms with van der Waals surface area (Å²) in [6.07, 6.45) is 2.82. The van der Waals surface area contributed by atoms with E-state index in [2.05, 4.69) is 5.32 Å². The second-order valence-corrected chi connectivity index (χ2v) is 4.46. The largest absolute Gasteiger partial charge is 0.480 e. The van der Waals surface area contributed by atoms with E-state index in [1.807, 2.05) is 0 Å². The number of carbonyl (C=O) groups is 3. The van der Waals surface area contributed by atoms with Crippen LogP contribution in [-0.4, -0.2) is 27.5 Å². The van der Waals surface area contributed by atoms with E-state index in [0.29, 0.717) is 11.1 Å². The molecule has 0 spiro atoms. The number of rotatable bonds is 3. The van der Waals surface area contributed by atoms with Crippen molar-refractivity contribution in [2.75, 3.05) is 0 Å². The topological polar surface area (TPSA) is 88.4 Å². The highest BCUT2D eigenvalue weighted by atomic mass is 16.4. The first kappa shape index (κ1) is 12.2. The quantitative estimate of drug-likeness (QED) is 0.806. The van der Waals surface area contributed by atoms with Gasteiger partial charge in [-0.15, -0.1) is 0 Å². The number of nitrogens with zero attached hydrogens (tertiary/aromatic N) is 1. The van der Waals surface area contributed by atoms with Crippen LogP contribution in [-0.2, 0) is 20.9 Å². The molecule has 100 valence electrons. The van der Waals surface area contributed by atoms with Crippen molar-refractivity contribution in [2.45, 2.75) is 6.54 Å². The maximum Gasteiger partial charge on any atom is 0.323 e. The Balaban J connectivity index is 2.21. The standard InChI is InChI=1S/C14H10N2O4/c17-12-5-9(14(20)15-12)10-6-16(7-13(18)19)11-4-2-1-3-8(10)11/h1-6H,7H2,(H,18,19)(H,15,17,20). The number of aliphatic carboxylic acids is 1. The third-order valence-corrected chi connectivity index (χ3v) is 3.14. The minimum absolute atomic E-state index is 0.205. The van der Waals surface area contributed by atoms with Crippen molar-refractivity contribution in [1.29, 1.82) is 0 Å². The lowest BCUT2D eigenvalue weighted by Gasteiger charge is -1.99. The molecule has 0 radical (unpaired) electrons. The highest BCUT2D eigenvalue weighted by molar-refractivity contribution is 6.35. The summed E-state index contributed by atoms with van der Waals surface area (Å²) < 4.78 is 1.55. The molecule has 1 aliphatic rings. The van der Waals surface area contributed by atoms with Crippen LogP contribution in [0, 0.1) is 0 Å². The summed E-state index contributed by atoms with van der Waals surface area (Å²) in [7, 11) is 0. The summed E-state index contributed by atoms with van der Waals surface area (Å²) in [5.41, 5.74) is 1.53. The van der Waals surface area contributed by atoms with Gasteiger partial charge in [0.1, 0.15) is 6.54 Å². The van der Waals surface area contributed by atoms with Crippen LogP contribution < -0.4 is 5.32 Å². The number of nitrogens with one attached hydrogen (secondary N) is 1. The van der Waals surface area contributed by atoms with Gasteiger partial charge in [-0.2, -0.15) is 0 Å². The lowest BCUT2D eigenvalue weighted by atomic mass is 10.1. The van der Waals surface area contributed by atoms with E-state index in [1.165, 1.54) is 6.08 Å². The number of hydrogen-bond acceptors (Lipinski definition) is 3. The van der Waals surface area contributed by atoms with Gasteiger partial charge in [0.05, 0.1) is 5.57 Å². The van der Waals surface area contributed by atoms with Crippen LogP contribution in [0.3, 0.4) is 0 Å². The van der Waals surface area contributed by atoms with Gasteiger partial charge in [-0.1, -0.05) is 18.2 Å². The van der Waals surface area contributed by atoms with E-state index in [4.69, 9.17) is 5.11 Å². The average molecular weight is 270 g/mol. The zero-order valence-electron chi connectivity index (χ0n) is 10.3. The van der Waals surface area contributed by atoms with Crippen LogP contribution in [0.15, 0.2) is 36.5 Å². The van der Waals surface area contributed by atoms with E-state index >= 15 is 0 Å². The van der Waals surface area contributed by atoms with Crippen molar-refractivity contribution < 1.29 is 19.5 Å². The summed E-state index contributed by atoms with van der Waals surface area (Å²) in [6.45, 7) is -0.205. The van der Waals surface area contributed by atoms with Crippen LogP contribution in [0.4, 0.5) is 0 Å². The van der Waals surface area contributed by atoms with Gasteiger partial charge < -0.3 is 9.67 Å². The number of hydrogen-bond donors (Lipinski definition) is 2. The van der Waals surface area contributed by atoms with Gasteiger partial charge in [0, 0.05) is 28.7 Å². The van der Waals surface area contributed by atoms with Crippen molar-refractivity contribution in [3.05, 3.63) is 42.1 Å². The Morgan fingerprint density at radius 2 is 2.00 bits per heavy atom. The van der Waals surface area contributed by atoms with Gasteiger partial charge in [0.15, 0.2) is 0 Å². The Morgan fingerprint density at radius 3 is 2.65 bits per heavy atom. The first-order valence-electron chi connectivity index (χ1n) is 5.93. The molecule has 0 unspecified atom stereocenters. The molecule has 0 fully saturated rings. The van der Waals surface area contributed by atoms with Crippen molar-refractivity contribution in [2.24, 2.45) is 0 Å². The highest BCUT2D eigenvalue weighted by Crippen LogP contribution is 2.29. The highest BCUT2D eigenvalue weighted by Gasteiger charge is 2.25. The molecule has 0 atom stereocenters. The molecule has 6 heteroatoms. The van der Waals surface area contributed by atoms with Crippen molar-refractivity contribution in [3.8, 4) is 0 Å². The number of carbonyl (C=O) groups excluding carboxylic acids is 2. The van der Waals surface area contributed by atoms with Gasteiger partial charge in [0.25, 0.3) is 11.8 Å². The number of carboxylic acids is 1. The molecule has 1 aliphatic heterocycles. The summed E-state index contributed by atoms with van der Waals surface area (Å²) in [6, 6.07) is 7.15. The van der Waals surface area contributed by atoms with Crippen LogP contribution >= 0.6 is 0 Å². The maximum absolute atomic E-state index is 11.7. The molecule has 20 heavy (non-hydrogen) atoms. The third-order valence-electron chi connectivity index (χ3n) is 3.14. The van der Waals surface area contributed by atoms with Crippen LogP contribution in [0.5, 0.6) is 0 Å². The molecule has 2 amide bonds. The zero-order chi connectivity index (χ0) is 14.3. The maximum atomic E-state index is 11.7. The van der Waals surface area contributed by atoms with Crippen LogP contribution in [0.25, 0.3) is 16.5 Å². The number of imide groups is 1. The second kappa shape index (κ2) is 4.34. The SMILES string of the molecule is O=C(O)Cn1cc(C2=CC(=O)NC2=O)c2ccccc21. The van der Waals surface area contributed by atoms with E-state index in [-0.39, 0.29) is 12.1 Å². The van der Waals surface area contributed by atoms with Gasteiger partial charge >= 0.3 is 5.97 Å². The van der Waals surface area contributed by atoms with Gasteiger partial charge in [-0.05, 0) is 6.07 Å². The number of benzene rings is 1. The molecule has 0 aliphatic carbocycles. The van der Waals surface area contributed by atoms with Crippen molar-refractivity contribution >= 4 is 34.3 Å². The number of fused-ring (bicyclic) bond motifs is 1. The molecule has 0 saturated heterocycles. The molecule has 3 rings (SSSR count). The van der Waals surface area contributed by atoms with Gasteiger partial charge in [-0.25, -0.2) is 0 Å². The molecule has 1 aromatic carbocycles. The Hall–Kier alpha value is -2.89. The summed E-state index contributed by atoms with van der Waals surface area (Å²) in [5.74, 6) is -1.90. The van der Waals surface area contributed by atoms with E-state index < -0.39 is 17.8 Å². The van der Waals surface area contributed by atoms with E-state index in [9.17, 15) is 14.4 Å². The third kappa shape index (κ3) is 1.87. The fraction of sp³-hybridized carbons (Fsp3) is 0.0714. The lowest BCUT2D eigenvalue weighted by Crippen LogP contribution is -2.21. The molecule has 1 aromatic heterocycles. The fourth-order valence-electron chi connectivity index (χ4n) is 2.35. The zero-order valence-corrected chi connectivity index (χ0v) is 10.3. The number of amides is 2. The predicted octanol–water partition coefficient (Wildman–Crippen LogP) is 0.766. The van der Waals surface area contributed by atoms with E-state index in [0.717, 1.165) is 5.39 Å². The lowest BCUT2D eigenvalue weighted by molar-refractivity contribution is -0.137. The van der Waals surface area contributed by atoms with Crippen molar-refractivity contribution in [1.82, 2.24) is 9.88 Å². The Bertz CT molecular complexity index is 786. The molecule has 2 heterocycles. The first-order valence-corrected chi connectivity index (χ1v) is 5.93. The summed E-state index contributed by atoms with van der Waals surface area (Å²) in [5, 5.41) is 11.9. The summed E-state index contributed by atoms with van der Waals surface area (Å²) >= 11 is 0. The minimum Gasteiger partial charge on any atom is -0.480 e. The minimum atomic E-state index is -0.974. The van der Waals surface area contributed by atoms with Gasteiger partial charge in [0.2, 0.25) is 0 Å². The number of carboxylic acid groups (broad SMARTS) is 1. The monoisotopic (exact) mass is 270 g/mol. The number of aromatic nitrogens is 1. The van der Waals surface area contributed by atoms with Crippen molar-refractivity contribution in [3.63, 3.8) is 0 Å². The molecular weight excluding hydrogens is 260 g/mol. The number of para-hydroxylation sites is 1. The fourth-order valence-corrected chi connectivity index (χ4v) is 2.35. The Morgan fingerprint density at radius 1 is 1.25 bits per heavy atom. The van der Waals surface area contributed by atoms with Gasteiger partial charge in [-0.3, -0.25) is 19.7 Å². The Kier molecular flexibility index (Phi) is 2.64. The normalized spacial score (nSPS) is 14.5. The second-order valence-electron chi connectivity index (χ2n) is 4.46. The average Bonchev–Trinajstić information content (AvgIpc) is 2.90. The molecule has 0 saturated carbocycles. The smallest absolute Gasteiger partial charge is 0.323 e. The first-order chi connectivity index (χ1) is 9.56. The Labute approximate surface area is 113 Å². The predicted molar refractivity (Wildman–Crippen MR) is 70.7 cm³/mol. The van der Waals surface area contributed by atoms with Crippen LogP contribution in [0.2, 0.25) is 0 Å². The molecule has 2 aromatic rings. The molecular formula is C14H10N2O4. The van der Waals surface area contributed by atoms with Crippen LogP contribution in [0.1, 0.15) is 5.56 Å². The molecule has 0 bridgehead atoms.